The molecule has 0 bridgehead atoms. The van der Waals surface area contributed by atoms with Crippen molar-refractivity contribution < 1.29 is 9.53 Å². The van der Waals surface area contributed by atoms with Crippen LogP contribution in [0.2, 0.25) is 0 Å². The number of benzene rings is 1. The van der Waals surface area contributed by atoms with Crippen LogP contribution in [0.15, 0.2) is 29.2 Å². The molecule has 0 unspecified atom stereocenters. The van der Waals surface area contributed by atoms with Crippen LogP contribution in [-0.2, 0) is 4.74 Å². The van der Waals surface area contributed by atoms with E-state index in [4.69, 9.17) is 16.3 Å². The average Bonchev–Trinajstić information content (AvgIpc) is 2.71. The van der Waals surface area contributed by atoms with Crippen molar-refractivity contribution in [2.45, 2.75) is 11.0 Å². The molecule has 0 radical (unpaired) electrons. The van der Waals surface area contributed by atoms with Crippen LogP contribution in [0, 0.1) is 0 Å². The van der Waals surface area contributed by atoms with Crippen LogP contribution >= 0.6 is 23.4 Å². The Morgan fingerprint density at radius 2 is 2.19 bits per heavy atom. The Morgan fingerprint density at radius 3 is 2.69 bits per heavy atom. The standard InChI is InChI=1S/C11H12ClNO2S/c1-16-10-4-2-8(3-5-10)13-7-9(6-12)15-11(13)14/h2-5,9H,6-7H2,1H3/t9-/m1/s1. The lowest BCUT2D eigenvalue weighted by atomic mass is 10.3. The van der Waals surface area contributed by atoms with Gasteiger partial charge in [0.05, 0.1) is 12.4 Å². The van der Waals surface area contributed by atoms with Gasteiger partial charge in [0.1, 0.15) is 6.10 Å². The lowest BCUT2D eigenvalue weighted by Gasteiger charge is -2.12. The number of hydrogen-bond donors (Lipinski definition) is 0. The molecule has 2 rings (SSSR count). The number of ether oxygens (including phenoxy) is 1. The SMILES string of the molecule is CSc1ccc(N2C[C@@H](CCl)OC2=O)cc1. The summed E-state index contributed by atoms with van der Waals surface area (Å²) in [6, 6.07) is 7.82. The normalized spacial score (nSPS) is 20.0. The highest BCUT2D eigenvalue weighted by Gasteiger charge is 2.31. The minimum Gasteiger partial charge on any atom is -0.443 e. The first kappa shape index (κ1) is 11.6. The van der Waals surface area contributed by atoms with Gasteiger partial charge in [-0.05, 0) is 30.5 Å². The van der Waals surface area contributed by atoms with Crippen LogP contribution < -0.4 is 4.90 Å². The van der Waals surface area contributed by atoms with Crippen molar-refractivity contribution in [3.63, 3.8) is 0 Å². The molecule has 0 N–H and O–H groups in total. The van der Waals surface area contributed by atoms with E-state index in [2.05, 4.69) is 0 Å². The van der Waals surface area contributed by atoms with E-state index in [1.807, 2.05) is 30.5 Å². The Bertz CT molecular complexity index is 382. The van der Waals surface area contributed by atoms with Crippen LogP contribution in [0.3, 0.4) is 0 Å². The number of rotatable bonds is 3. The fraction of sp³-hybridized carbons (Fsp3) is 0.364. The molecule has 0 aliphatic carbocycles. The Hall–Kier alpha value is -0.870. The largest absolute Gasteiger partial charge is 0.443 e. The first-order valence-electron chi connectivity index (χ1n) is 4.92. The smallest absolute Gasteiger partial charge is 0.414 e. The summed E-state index contributed by atoms with van der Waals surface area (Å²) in [7, 11) is 0. The number of alkyl halides is 1. The predicted octanol–water partition coefficient (Wildman–Crippen LogP) is 2.97. The lowest BCUT2D eigenvalue weighted by molar-refractivity contribution is 0.151. The summed E-state index contributed by atoms with van der Waals surface area (Å²) < 4.78 is 5.08. The molecule has 5 heteroatoms. The molecular formula is C11H12ClNO2S. The van der Waals surface area contributed by atoms with Crippen molar-refractivity contribution >= 4 is 35.1 Å². The van der Waals surface area contributed by atoms with Gasteiger partial charge in [-0.15, -0.1) is 23.4 Å². The molecular weight excluding hydrogens is 246 g/mol. The second kappa shape index (κ2) is 4.97. The lowest BCUT2D eigenvalue weighted by Crippen LogP contribution is -2.24. The van der Waals surface area contributed by atoms with E-state index in [-0.39, 0.29) is 12.2 Å². The molecule has 3 nitrogen and oxygen atoms in total. The van der Waals surface area contributed by atoms with Crippen molar-refractivity contribution in [1.82, 2.24) is 0 Å². The topological polar surface area (TPSA) is 29.5 Å². The van der Waals surface area contributed by atoms with E-state index in [0.29, 0.717) is 12.4 Å². The van der Waals surface area contributed by atoms with E-state index in [9.17, 15) is 4.79 Å². The molecule has 0 spiro atoms. The van der Waals surface area contributed by atoms with Crippen LogP contribution in [0.5, 0.6) is 0 Å². The fourth-order valence-electron chi connectivity index (χ4n) is 1.57. The number of nitrogens with zero attached hydrogens (tertiary/aromatic N) is 1. The van der Waals surface area contributed by atoms with Gasteiger partial charge in [0, 0.05) is 10.6 Å². The summed E-state index contributed by atoms with van der Waals surface area (Å²) in [5, 5.41) is 0. The highest BCUT2D eigenvalue weighted by Crippen LogP contribution is 2.24. The van der Waals surface area contributed by atoms with E-state index >= 15 is 0 Å². The zero-order chi connectivity index (χ0) is 11.5. The van der Waals surface area contributed by atoms with Gasteiger partial charge in [0.15, 0.2) is 0 Å². The number of cyclic esters (lactones) is 1. The molecule has 1 atom stereocenters. The predicted molar refractivity (Wildman–Crippen MR) is 66.6 cm³/mol. The molecule has 16 heavy (non-hydrogen) atoms. The molecule has 1 heterocycles. The second-order valence-electron chi connectivity index (χ2n) is 3.47. The number of carbonyl (C=O) groups excluding carboxylic acids is 1. The zero-order valence-corrected chi connectivity index (χ0v) is 10.4. The zero-order valence-electron chi connectivity index (χ0n) is 8.85. The number of thioether (sulfide) groups is 1. The molecule has 86 valence electrons. The molecule has 1 aliphatic heterocycles. The summed E-state index contributed by atoms with van der Waals surface area (Å²) in [6.45, 7) is 0.529. The summed E-state index contributed by atoms with van der Waals surface area (Å²) in [6.07, 6.45) is 1.50. The van der Waals surface area contributed by atoms with Gasteiger partial charge >= 0.3 is 6.09 Å². The average molecular weight is 258 g/mol. The minimum absolute atomic E-state index is 0.200. The third kappa shape index (κ3) is 2.28. The Kier molecular flexibility index (Phi) is 3.61. The maximum Gasteiger partial charge on any atom is 0.414 e. The third-order valence-corrected chi connectivity index (χ3v) is 3.52. The third-order valence-electron chi connectivity index (χ3n) is 2.43. The molecule has 1 fully saturated rings. The Balaban J connectivity index is 2.15. The van der Waals surface area contributed by atoms with E-state index in [0.717, 1.165) is 5.69 Å². The summed E-state index contributed by atoms with van der Waals surface area (Å²) in [5.74, 6) is 0.338. The molecule has 1 aromatic carbocycles. The van der Waals surface area contributed by atoms with Gasteiger partial charge < -0.3 is 4.74 Å². The Morgan fingerprint density at radius 1 is 1.50 bits per heavy atom. The monoisotopic (exact) mass is 257 g/mol. The van der Waals surface area contributed by atoms with Crippen molar-refractivity contribution in [2.24, 2.45) is 0 Å². The summed E-state index contributed by atoms with van der Waals surface area (Å²) >= 11 is 7.34. The molecule has 0 saturated carbocycles. The highest BCUT2D eigenvalue weighted by molar-refractivity contribution is 7.98. The second-order valence-corrected chi connectivity index (χ2v) is 4.66. The van der Waals surface area contributed by atoms with Gasteiger partial charge in [-0.1, -0.05) is 0 Å². The number of hydrogen-bond acceptors (Lipinski definition) is 3. The number of carbonyl (C=O) groups is 1. The summed E-state index contributed by atoms with van der Waals surface area (Å²) in [4.78, 5) is 14.3. The van der Waals surface area contributed by atoms with Crippen molar-refractivity contribution in [1.29, 1.82) is 0 Å². The van der Waals surface area contributed by atoms with E-state index < -0.39 is 0 Å². The van der Waals surface area contributed by atoms with Gasteiger partial charge in [-0.3, -0.25) is 4.90 Å². The van der Waals surface area contributed by atoms with Crippen LogP contribution in [0.4, 0.5) is 10.5 Å². The van der Waals surface area contributed by atoms with Crippen molar-refractivity contribution in [3.8, 4) is 0 Å². The Labute approximate surface area is 104 Å². The van der Waals surface area contributed by atoms with E-state index in [1.54, 1.807) is 16.7 Å². The van der Waals surface area contributed by atoms with Gasteiger partial charge in [-0.25, -0.2) is 4.79 Å². The highest BCUT2D eigenvalue weighted by atomic mass is 35.5. The number of amides is 1. The maximum atomic E-state index is 11.5. The van der Waals surface area contributed by atoms with Crippen LogP contribution in [0.1, 0.15) is 0 Å². The minimum atomic E-state index is -0.317. The molecule has 1 saturated heterocycles. The quantitative estimate of drug-likeness (QED) is 0.616. The van der Waals surface area contributed by atoms with Crippen molar-refractivity contribution in [2.75, 3.05) is 23.6 Å². The molecule has 1 aliphatic rings. The first-order valence-corrected chi connectivity index (χ1v) is 6.68. The van der Waals surface area contributed by atoms with Crippen LogP contribution in [0.25, 0.3) is 0 Å². The summed E-state index contributed by atoms with van der Waals surface area (Å²) in [5.41, 5.74) is 0.857. The fourth-order valence-corrected chi connectivity index (χ4v) is 2.14. The van der Waals surface area contributed by atoms with Gasteiger partial charge in [0.25, 0.3) is 0 Å². The molecule has 0 aromatic heterocycles. The molecule has 1 amide bonds. The van der Waals surface area contributed by atoms with Gasteiger partial charge in [-0.2, -0.15) is 0 Å². The van der Waals surface area contributed by atoms with Gasteiger partial charge in [0.2, 0.25) is 0 Å². The number of halogens is 1. The number of anilines is 1. The van der Waals surface area contributed by atoms with E-state index in [1.165, 1.54) is 4.90 Å². The maximum absolute atomic E-state index is 11.5. The first-order chi connectivity index (χ1) is 7.74. The van der Waals surface area contributed by atoms with Crippen molar-refractivity contribution in [3.05, 3.63) is 24.3 Å². The molecule has 1 aromatic rings. The van der Waals surface area contributed by atoms with Crippen LogP contribution in [-0.4, -0.2) is 30.9 Å².